The number of phenols is 1. The molecular formula is C28H28N2O6. The van der Waals surface area contributed by atoms with Gasteiger partial charge in [-0.3, -0.25) is 14.4 Å². The average Bonchev–Trinajstić information content (AvgIpc) is 3.41. The van der Waals surface area contributed by atoms with E-state index in [4.69, 9.17) is 14.3 Å². The molecule has 0 unspecified atom stereocenters. The Bertz CT molecular complexity index is 1250. The van der Waals surface area contributed by atoms with Crippen LogP contribution in [0.15, 0.2) is 72.8 Å². The molecule has 186 valence electrons. The van der Waals surface area contributed by atoms with Gasteiger partial charge in [-0.25, -0.2) is 9.96 Å². The zero-order valence-corrected chi connectivity index (χ0v) is 20.2. The Balaban J connectivity index is 1.52. The summed E-state index contributed by atoms with van der Waals surface area (Å²) in [6, 6.07) is 20.6. The minimum absolute atomic E-state index is 0.00293. The quantitative estimate of drug-likeness (QED) is 0.463. The number of amides is 2. The molecule has 5 rings (SSSR count). The number of anilines is 2. The molecular weight excluding hydrogens is 460 g/mol. The normalized spacial score (nSPS) is 21.1. The average molecular weight is 489 g/mol. The zero-order chi connectivity index (χ0) is 25.2. The fourth-order valence-electron chi connectivity index (χ4n) is 4.70. The summed E-state index contributed by atoms with van der Waals surface area (Å²) in [5.41, 5.74) is 1.88. The van der Waals surface area contributed by atoms with Crippen molar-refractivity contribution in [1.29, 1.82) is 0 Å². The van der Waals surface area contributed by atoms with Crippen molar-refractivity contribution in [2.45, 2.75) is 32.4 Å². The van der Waals surface area contributed by atoms with E-state index in [1.165, 1.54) is 11.0 Å². The predicted octanol–water partition coefficient (Wildman–Crippen LogP) is 4.63. The van der Waals surface area contributed by atoms with Gasteiger partial charge in [0.05, 0.1) is 30.6 Å². The van der Waals surface area contributed by atoms with Gasteiger partial charge in [-0.05, 0) is 67.4 Å². The molecule has 36 heavy (non-hydrogen) atoms. The Morgan fingerprint density at radius 1 is 0.889 bits per heavy atom. The molecule has 3 aromatic rings. The molecule has 0 spiro atoms. The molecule has 0 saturated carbocycles. The molecule has 0 aliphatic carbocycles. The number of carbonyl (C=O) groups is 2. The molecule has 8 heteroatoms. The Hall–Kier alpha value is -4.04. The maximum atomic E-state index is 13.8. The van der Waals surface area contributed by atoms with Crippen LogP contribution in [0.3, 0.4) is 0 Å². The van der Waals surface area contributed by atoms with E-state index in [0.717, 1.165) is 6.42 Å². The summed E-state index contributed by atoms with van der Waals surface area (Å²) in [6.45, 7) is 4.81. The first-order valence-corrected chi connectivity index (χ1v) is 12.1. The molecule has 1 N–H and O–H groups in total. The molecule has 2 aliphatic rings. The van der Waals surface area contributed by atoms with Crippen LogP contribution in [0.4, 0.5) is 11.4 Å². The van der Waals surface area contributed by atoms with Crippen LogP contribution in [0.1, 0.15) is 31.9 Å². The maximum Gasteiger partial charge on any atom is 0.266 e. The lowest BCUT2D eigenvalue weighted by Crippen LogP contribution is -2.37. The Labute approximate surface area is 209 Å². The van der Waals surface area contributed by atoms with Crippen molar-refractivity contribution in [3.63, 3.8) is 0 Å². The molecule has 2 amide bonds. The number of rotatable bonds is 8. The zero-order valence-electron chi connectivity index (χ0n) is 20.2. The number of hydrogen-bond donors (Lipinski definition) is 1. The van der Waals surface area contributed by atoms with Crippen molar-refractivity contribution in [2.24, 2.45) is 5.92 Å². The molecule has 2 aliphatic heterocycles. The highest BCUT2D eigenvalue weighted by molar-refractivity contribution is 6.23. The van der Waals surface area contributed by atoms with E-state index in [1.54, 1.807) is 41.5 Å². The van der Waals surface area contributed by atoms with Crippen LogP contribution in [-0.4, -0.2) is 36.2 Å². The highest BCUT2D eigenvalue weighted by Crippen LogP contribution is 2.48. The van der Waals surface area contributed by atoms with E-state index in [1.807, 2.05) is 44.2 Å². The predicted molar refractivity (Wildman–Crippen MR) is 134 cm³/mol. The monoisotopic (exact) mass is 488 g/mol. The van der Waals surface area contributed by atoms with Crippen LogP contribution < -0.4 is 19.4 Å². The summed E-state index contributed by atoms with van der Waals surface area (Å²) in [5.74, 6) is -0.559. The van der Waals surface area contributed by atoms with Crippen molar-refractivity contribution in [2.75, 3.05) is 23.2 Å². The first-order chi connectivity index (χ1) is 17.5. The lowest BCUT2D eigenvalue weighted by molar-refractivity contribution is -0.126. The van der Waals surface area contributed by atoms with Gasteiger partial charge in [0.25, 0.3) is 5.91 Å². The highest BCUT2D eigenvalue weighted by Gasteiger charge is 2.60. The molecule has 2 saturated heterocycles. The van der Waals surface area contributed by atoms with Gasteiger partial charge in [0.1, 0.15) is 11.7 Å². The van der Waals surface area contributed by atoms with Crippen LogP contribution in [0.25, 0.3) is 0 Å². The Morgan fingerprint density at radius 3 is 2.33 bits per heavy atom. The number of carbonyl (C=O) groups excluding carboxylic acids is 2. The smallest absolute Gasteiger partial charge is 0.266 e. The van der Waals surface area contributed by atoms with E-state index < -0.39 is 24.0 Å². The van der Waals surface area contributed by atoms with Gasteiger partial charge in [-0.15, -0.1) is 0 Å². The van der Waals surface area contributed by atoms with Gasteiger partial charge in [0.2, 0.25) is 5.91 Å². The molecule has 0 aromatic heterocycles. The number of aromatic hydroxyl groups is 1. The second-order valence-corrected chi connectivity index (χ2v) is 8.67. The standard InChI is InChI=1S/C28H28N2O6/c1-3-16-35-21-13-11-19(12-14-21)29-27(32)24-25(18-10-15-22(31)23(17-18)34-4-2)30(36-26(24)28(29)33)20-8-6-5-7-9-20/h5-15,17,24-26,31H,3-4,16H2,1-2H3/t24-,25-,26+/m0/s1. The number of hydroxylamine groups is 1. The third-order valence-corrected chi connectivity index (χ3v) is 6.32. The summed E-state index contributed by atoms with van der Waals surface area (Å²) >= 11 is 0. The second-order valence-electron chi connectivity index (χ2n) is 8.67. The Morgan fingerprint density at radius 2 is 1.64 bits per heavy atom. The van der Waals surface area contributed by atoms with E-state index in [0.29, 0.717) is 41.7 Å². The molecule has 2 fully saturated rings. The third kappa shape index (κ3) is 4.13. The van der Waals surface area contributed by atoms with E-state index in [2.05, 4.69) is 0 Å². The van der Waals surface area contributed by atoms with E-state index in [9.17, 15) is 14.7 Å². The second kappa shape index (κ2) is 9.91. The van der Waals surface area contributed by atoms with Crippen molar-refractivity contribution in [3.05, 3.63) is 78.4 Å². The van der Waals surface area contributed by atoms with Gasteiger partial charge in [-0.1, -0.05) is 31.2 Å². The summed E-state index contributed by atoms with van der Waals surface area (Å²) in [7, 11) is 0. The third-order valence-electron chi connectivity index (χ3n) is 6.32. The van der Waals surface area contributed by atoms with Crippen LogP contribution >= 0.6 is 0 Å². The number of phenolic OH excluding ortho intramolecular Hbond substituents is 1. The number of para-hydroxylation sites is 1. The fraction of sp³-hybridized carbons (Fsp3) is 0.286. The SMILES string of the molecule is CCCOc1ccc(N2C(=O)[C@@H]3[C@@H](ON(c4ccccc4)[C@H]3c3ccc(O)c(OCC)c3)C2=O)cc1. The van der Waals surface area contributed by atoms with Crippen molar-refractivity contribution in [1.82, 2.24) is 0 Å². The number of hydrogen-bond acceptors (Lipinski definition) is 7. The van der Waals surface area contributed by atoms with Crippen LogP contribution in [0.2, 0.25) is 0 Å². The summed E-state index contributed by atoms with van der Waals surface area (Å²) in [5, 5.41) is 11.8. The van der Waals surface area contributed by atoms with E-state index in [-0.39, 0.29) is 11.7 Å². The lowest BCUT2D eigenvalue weighted by Gasteiger charge is -2.29. The number of benzene rings is 3. The number of fused-ring (bicyclic) bond motifs is 1. The molecule has 2 heterocycles. The van der Waals surface area contributed by atoms with Gasteiger partial charge >= 0.3 is 0 Å². The highest BCUT2D eigenvalue weighted by atomic mass is 16.7. The number of nitrogens with zero attached hydrogens (tertiary/aromatic N) is 2. The van der Waals surface area contributed by atoms with Crippen molar-refractivity contribution >= 4 is 23.2 Å². The minimum Gasteiger partial charge on any atom is -0.504 e. The molecule has 0 radical (unpaired) electrons. The van der Waals surface area contributed by atoms with E-state index >= 15 is 0 Å². The topological polar surface area (TPSA) is 88.5 Å². The van der Waals surface area contributed by atoms with Gasteiger partial charge < -0.3 is 14.6 Å². The summed E-state index contributed by atoms with van der Waals surface area (Å²) < 4.78 is 11.2. The van der Waals surface area contributed by atoms with Crippen LogP contribution in [-0.2, 0) is 14.4 Å². The maximum absolute atomic E-state index is 13.8. The first-order valence-electron chi connectivity index (χ1n) is 12.1. The summed E-state index contributed by atoms with van der Waals surface area (Å²) in [6.07, 6.45) is -0.101. The Kier molecular flexibility index (Phi) is 6.52. The first kappa shape index (κ1) is 23.7. The lowest BCUT2D eigenvalue weighted by atomic mass is 9.90. The van der Waals surface area contributed by atoms with Gasteiger partial charge in [-0.2, -0.15) is 0 Å². The fourth-order valence-corrected chi connectivity index (χ4v) is 4.70. The molecule has 0 bridgehead atoms. The molecule has 3 aromatic carbocycles. The van der Waals surface area contributed by atoms with Crippen molar-refractivity contribution in [3.8, 4) is 17.2 Å². The molecule has 3 atom stereocenters. The van der Waals surface area contributed by atoms with Crippen LogP contribution in [0, 0.1) is 5.92 Å². The van der Waals surface area contributed by atoms with Gasteiger partial charge in [0.15, 0.2) is 17.6 Å². The van der Waals surface area contributed by atoms with Crippen molar-refractivity contribution < 1.29 is 29.0 Å². The largest absolute Gasteiger partial charge is 0.504 e. The number of ether oxygens (including phenoxy) is 2. The van der Waals surface area contributed by atoms with Gasteiger partial charge in [0, 0.05) is 0 Å². The number of imide groups is 1. The summed E-state index contributed by atoms with van der Waals surface area (Å²) in [4.78, 5) is 34.6. The van der Waals surface area contributed by atoms with Crippen LogP contribution in [0.5, 0.6) is 17.2 Å². The minimum atomic E-state index is -0.983. The molecule has 8 nitrogen and oxygen atoms in total.